The first-order valence-electron chi connectivity index (χ1n) is 8.54. The second kappa shape index (κ2) is 7.00. The van der Waals surface area contributed by atoms with E-state index < -0.39 is 0 Å². The summed E-state index contributed by atoms with van der Waals surface area (Å²) in [5, 5.41) is 3.19. The van der Waals surface area contributed by atoms with Crippen molar-refractivity contribution in [2.45, 2.75) is 26.2 Å². The average Bonchev–Trinajstić information content (AvgIpc) is 2.62. The summed E-state index contributed by atoms with van der Waals surface area (Å²) in [6.07, 6.45) is 4.69. The molecule has 0 atom stereocenters. The molecule has 0 radical (unpaired) electrons. The maximum absolute atomic E-state index is 12.4. The molecule has 1 heterocycles. The topological polar surface area (TPSA) is 62.0 Å². The average molecular weight is 346 g/mol. The van der Waals surface area contributed by atoms with Crippen LogP contribution >= 0.6 is 0 Å². The van der Waals surface area contributed by atoms with Crippen molar-refractivity contribution in [3.05, 3.63) is 82.2 Å². The predicted molar refractivity (Wildman–Crippen MR) is 107 cm³/mol. The summed E-state index contributed by atoms with van der Waals surface area (Å²) in [6, 6.07) is 15.3. The van der Waals surface area contributed by atoms with E-state index in [1.54, 1.807) is 18.2 Å². The Labute approximate surface area is 152 Å². The Hall–Kier alpha value is -3.14. The quantitative estimate of drug-likeness (QED) is 0.687. The molecule has 0 aliphatic carbocycles. The smallest absolute Gasteiger partial charge is 0.248 e. The van der Waals surface area contributed by atoms with Crippen LogP contribution in [0.2, 0.25) is 0 Å². The fourth-order valence-electron chi connectivity index (χ4n) is 2.70. The number of carbonyl (C=O) groups excluding carboxylic acids is 1. The highest BCUT2D eigenvalue weighted by Gasteiger charge is 2.12. The molecule has 0 aliphatic rings. The molecule has 4 nitrogen and oxygen atoms in total. The minimum absolute atomic E-state index is 0.0940. The molecule has 132 valence electrons. The summed E-state index contributed by atoms with van der Waals surface area (Å²) >= 11 is 0. The van der Waals surface area contributed by atoms with Gasteiger partial charge in [0, 0.05) is 23.2 Å². The molecule has 3 aromatic rings. The molecule has 0 fully saturated rings. The zero-order valence-corrected chi connectivity index (χ0v) is 15.2. The molecule has 26 heavy (non-hydrogen) atoms. The van der Waals surface area contributed by atoms with Crippen LogP contribution in [0, 0.1) is 0 Å². The lowest BCUT2D eigenvalue weighted by atomic mass is 9.87. The minimum atomic E-state index is -0.342. The van der Waals surface area contributed by atoms with Crippen molar-refractivity contribution >= 4 is 28.6 Å². The van der Waals surface area contributed by atoms with Crippen molar-refractivity contribution in [3.8, 4) is 0 Å². The first kappa shape index (κ1) is 17.7. The first-order chi connectivity index (χ1) is 12.3. The molecule has 3 rings (SSSR count). The Morgan fingerprint density at radius 1 is 1.04 bits per heavy atom. The van der Waals surface area contributed by atoms with E-state index in [0.717, 1.165) is 11.1 Å². The molecule has 1 amide bonds. The van der Waals surface area contributed by atoms with Gasteiger partial charge < -0.3 is 10.3 Å². The van der Waals surface area contributed by atoms with Crippen molar-refractivity contribution < 1.29 is 4.79 Å². The third-order valence-corrected chi connectivity index (χ3v) is 4.25. The molecule has 0 spiro atoms. The molecule has 1 aromatic heterocycles. The van der Waals surface area contributed by atoms with Crippen LogP contribution in [0.25, 0.3) is 17.0 Å². The van der Waals surface area contributed by atoms with E-state index in [1.165, 1.54) is 17.8 Å². The fraction of sp³-hybridized carbons (Fsp3) is 0.182. The number of amides is 1. The van der Waals surface area contributed by atoms with Crippen LogP contribution in [0.15, 0.2) is 65.6 Å². The van der Waals surface area contributed by atoms with Gasteiger partial charge in [0.25, 0.3) is 0 Å². The van der Waals surface area contributed by atoms with Gasteiger partial charge in [0.2, 0.25) is 11.3 Å². The second-order valence-corrected chi connectivity index (χ2v) is 7.27. The van der Waals surface area contributed by atoms with E-state index in [4.69, 9.17) is 0 Å². The third kappa shape index (κ3) is 3.91. The molecule has 0 bridgehead atoms. The van der Waals surface area contributed by atoms with E-state index >= 15 is 0 Å². The van der Waals surface area contributed by atoms with E-state index in [0.29, 0.717) is 5.39 Å². The monoisotopic (exact) mass is 346 g/mol. The van der Waals surface area contributed by atoms with E-state index in [9.17, 15) is 9.59 Å². The number of carbonyl (C=O) groups is 1. The zero-order chi connectivity index (χ0) is 18.7. The Bertz CT molecular complexity index is 1020. The number of benzene rings is 2. The number of rotatable bonds is 3. The Morgan fingerprint density at radius 2 is 1.73 bits per heavy atom. The van der Waals surface area contributed by atoms with Gasteiger partial charge in [-0.3, -0.25) is 9.59 Å². The van der Waals surface area contributed by atoms with Gasteiger partial charge in [-0.05, 0) is 34.8 Å². The van der Waals surface area contributed by atoms with Crippen LogP contribution < -0.4 is 10.7 Å². The molecule has 0 saturated heterocycles. The molecular formula is C22H22N2O2. The van der Waals surface area contributed by atoms with Crippen LogP contribution in [0.5, 0.6) is 0 Å². The molecule has 0 unspecified atom stereocenters. The predicted octanol–water partition coefficient (Wildman–Crippen LogP) is 4.48. The molecule has 2 aromatic carbocycles. The maximum Gasteiger partial charge on any atom is 0.248 e. The van der Waals surface area contributed by atoms with Gasteiger partial charge in [-0.15, -0.1) is 0 Å². The largest absolute Gasteiger partial charge is 0.359 e. The van der Waals surface area contributed by atoms with Gasteiger partial charge in [-0.25, -0.2) is 0 Å². The molecular weight excluding hydrogens is 324 g/mol. The van der Waals surface area contributed by atoms with Gasteiger partial charge in [0.1, 0.15) is 5.69 Å². The Balaban J connectivity index is 1.74. The number of nitrogens with one attached hydrogen (secondary N) is 2. The summed E-state index contributed by atoms with van der Waals surface area (Å²) in [4.78, 5) is 27.6. The fourth-order valence-corrected chi connectivity index (χ4v) is 2.70. The maximum atomic E-state index is 12.4. The first-order valence-corrected chi connectivity index (χ1v) is 8.54. The van der Waals surface area contributed by atoms with Crippen molar-refractivity contribution in [1.29, 1.82) is 0 Å². The highest BCUT2D eigenvalue weighted by Crippen LogP contribution is 2.22. The van der Waals surface area contributed by atoms with E-state index in [1.807, 2.05) is 24.3 Å². The number of aromatic amines is 1. The second-order valence-electron chi connectivity index (χ2n) is 7.27. The molecule has 0 saturated carbocycles. The standard InChI is InChI=1S/C22H22N2O2/c1-22(2,3)16-11-8-15(9-12-16)10-13-20(25)24-19-14-23-18-7-5-4-6-17(18)21(19)26/h4-14H,1-3H3,(H,23,26)(H,24,25)/b13-10+. The van der Waals surface area contributed by atoms with Gasteiger partial charge in [0.15, 0.2) is 0 Å². The van der Waals surface area contributed by atoms with E-state index in [-0.39, 0.29) is 22.4 Å². The summed E-state index contributed by atoms with van der Waals surface area (Å²) in [7, 11) is 0. The normalized spacial score (nSPS) is 11.8. The molecule has 0 aliphatic heterocycles. The zero-order valence-electron chi connectivity index (χ0n) is 15.2. The van der Waals surface area contributed by atoms with Crippen molar-refractivity contribution in [1.82, 2.24) is 4.98 Å². The molecule has 2 N–H and O–H groups in total. The van der Waals surface area contributed by atoms with Crippen LogP contribution in [-0.2, 0) is 10.2 Å². The van der Waals surface area contributed by atoms with E-state index in [2.05, 4.69) is 43.2 Å². The lowest BCUT2D eigenvalue weighted by Gasteiger charge is -2.18. The SMILES string of the molecule is CC(C)(C)c1ccc(/C=C/C(=O)Nc2c[nH]c3ccccc3c2=O)cc1. The Kier molecular flexibility index (Phi) is 4.76. The highest BCUT2D eigenvalue weighted by molar-refractivity contribution is 6.02. The lowest BCUT2D eigenvalue weighted by molar-refractivity contribution is -0.111. The van der Waals surface area contributed by atoms with Crippen LogP contribution in [-0.4, -0.2) is 10.9 Å². The van der Waals surface area contributed by atoms with Crippen molar-refractivity contribution in [2.24, 2.45) is 0 Å². The number of para-hydroxylation sites is 1. The summed E-state index contributed by atoms with van der Waals surface area (Å²) in [6.45, 7) is 6.48. The lowest BCUT2D eigenvalue weighted by Crippen LogP contribution is -2.16. The van der Waals surface area contributed by atoms with Gasteiger partial charge in [0.05, 0.1) is 0 Å². The van der Waals surface area contributed by atoms with Crippen molar-refractivity contribution in [3.63, 3.8) is 0 Å². The summed E-state index contributed by atoms with van der Waals surface area (Å²) < 4.78 is 0. The number of aromatic nitrogens is 1. The van der Waals surface area contributed by atoms with Crippen molar-refractivity contribution in [2.75, 3.05) is 5.32 Å². The minimum Gasteiger partial charge on any atom is -0.359 e. The number of H-pyrrole nitrogens is 1. The summed E-state index contributed by atoms with van der Waals surface area (Å²) in [5.41, 5.74) is 3.04. The number of anilines is 1. The van der Waals surface area contributed by atoms with Gasteiger partial charge >= 0.3 is 0 Å². The highest BCUT2D eigenvalue weighted by atomic mass is 16.2. The van der Waals surface area contributed by atoms with Gasteiger partial charge in [-0.2, -0.15) is 0 Å². The number of hydrogen-bond acceptors (Lipinski definition) is 2. The summed E-state index contributed by atoms with van der Waals surface area (Å²) in [5.74, 6) is -0.342. The number of hydrogen-bond donors (Lipinski definition) is 2. The van der Waals surface area contributed by atoms with Gasteiger partial charge in [-0.1, -0.05) is 57.2 Å². The third-order valence-electron chi connectivity index (χ3n) is 4.25. The van der Waals surface area contributed by atoms with Crippen LogP contribution in [0.4, 0.5) is 5.69 Å². The Morgan fingerprint density at radius 3 is 2.42 bits per heavy atom. The molecule has 4 heteroatoms. The van der Waals surface area contributed by atoms with Crippen LogP contribution in [0.1, 0.15) is 31.9 Å². The van der Waals surface area contributed by atoms with Crippen LogP contribution in [0.3, 0.4) is 0 Å². The number of fused-ring (bicyclic) bond motifs is 1. The number of pyridine rings is 1.